The lowest BCUT2D eigenvalue weighted by atomic mass is 10.1. The summed E-state index contributed by atoms with van der Waals surface area (Å²) in [6.45, 7) is 1.79. The molecule has 0 aliphatic carbocycles. The maximum atomic E-state index is 12.1. The van der Waals surface area contributed by atoms with Gasteiger partial charge >= 0.3 is 0 Å². The Balaban J connectivity index is 1.80. The molecule has 2 aromatic carbocycles. The van der Waals surface area contributed by atoms with E-state index in [4.69, 9.17) is 11.6 Å². The quantitative estimate of drug-likeness (QED) is 0.478. The molecular weight excluding hydrogens is 368 g/mol. The fraction of sp³-hybridized carbons (Fsp3) is 0.263. The van der Waals surface area contributed by atoms with E-state index in [0.29, 0.717) is 16.1 Å². The standard InChI is InChI=1S/C19H19ClN4O3/c20-16-6-4-5-14(11-16)19(25)22-21-13-15-12-17(24(26)27)7-8-18(15)23-9-2-1-3-10-23/h4-8,11-13H,1-3,9-10H2,(H,22,25)/b21-13-. The molecule has 1 fully saturated rings. The predicted octanol–water partition coefficient (Wildman–Crippen LogP) is 4.00. The number of nitrogens with one attached hydrogen (secondary N) is 1. The van der Waals surface area contributed by atoms with Crippen molar-refractivity contribution in [3.63, 3.8) is 0 Å². The summed E-state index contributed by atoms with van der Waals surface area (Å²) in [5, 5.41) is 15.5. The Morgan fingerprint density at radius 1 is 1.19 bits per heavy atom. The number of carbonyl (C=O) groups excluding carboxylic acids is 1. The van der Waals surface area contributed by atoms with Crippen LogP contribution in [-0.4, -0.2) is 30.1 Å². The molecule has 140 valence electrons. The van der Waals surface area contributed by atoms with Crippen LogP contribution in [0.4, 0.5) is 11.4 Å². The lowest BCUT2D eigenvalue weighted by molar-refractivity contribution is -0.384. The molecule has 1 heterocycles. The van der Waals surface area contributed by atoms with E-state index in [1.54, 1.807) is 30.3 Å². The Kier molecular flexibility index (Phi) is 6.03. The van der Waals surface area contributed by atoms with Gasteiger partial charge in [0, 0.05) is 47.1 Å². The molecule has 0 aromatic heterocycles. The second-order valence-corrected chi connectivity index (χ2v) is 6.69. The molecule has 0 spiro atoms. The van der Waals surface area contributed by atoms with E-state index in [2.05, 4.69) is 15.4 Å². The molecule has 7 nitrogen and oxygen atoms in total. The number of hydrogen-bond donors (Lipinski definition) is 1. The van der Waals surface area contributed by atoms with Gasteiger partial charge in [0.05, 0.1) is 11.1 Å². The molecular formula is C19H19ClN4O3. The normalized spacial score (nSPS) is 14.3. The number of halogens is 1. The minimum Gasteiger partial charge on any atom is -0.371 e. The minimum atomic E-state index is -0.443. The molecule has 27 heavy (non-hydrogen) atoms. The molecule has 0 unspecified atom stereocenters. The molecule has 3 rings (SSSR count). The van der Waals surface area contributed by atoms with Gasteiger partial charge in [-0.15, -0.1) is 0 Å². The van der Waals surface area contributed by atoms with Crippen molar-refractivity contribution in [2.45, 2.75) is 19.3 Å². The van der Waals surface area contributed by atoms with Crippen molar-refractivity contribution in [1.82, 2.24) is 5.43 Å². The van der Waals surface area contributed by atoms with Crippen LogP contribution in [0.3, 0.4) is 0 Å². The van der Waals surface area contributed by atoms with Gasteiger partial charge in [0.2, 0.25) is 0 Å². The van der Waals surface area contributed by atoms with Gasteiger partial charge in [0.15, 0.2) is 0 Å². The number of anilines is 1. The molecule has 0 atom stereocenters. The van der Waals surface area contributed by atoms with Crippen molar-refractivity contribution in [2.75, 3.05) is 18.0 Å². The van der Waals surface area contributed by atoms with Crippen molar-refractivity contribution in [2.24, 2.45) is 5.10 Å². The predicted molar refractivity (Wildman–Crippen MR) is 106 cm³/mol. The van der Waals surface area contributed by atoms with E-state index < -0.39 is 10.8 Å². The monoisotopic (exact) mass is 386 g/mol. The van der Waals surface area contributed by atoms with Crippen LogP contribution in [0.25, 0.3) is 0 Å². The summed E-state index contributed by atoms with van der Waals surface area (Å²) in [4.78, 5) is 25.0. The van der Waals surface area contributed by atoms with Crippen molar-refractivity contribution in [1.29, 1.82) is 0 Å². The summed E-state index contributed by atoms with van der Waals surface area (Å²) in [5.41, 5.74) is 4.28. The molecule has 1 N–H and O–H groups in total. The zero-order valence-electron chi connectivity index (χ0n) is 14.6. The van der Waals surface area contributed by atoms with E-state index in [9.17, 15) is 14.9 Å². The lowest BCUT2D eigenvalue weighted by Crippen LogP contribution is -2.30. The van der Waals surface area contributed by atoms with Crippen LogP contribution in [0.1, 0.15) is 35.2 Å². The molecule has 2 aromatic rings. The average Bonchev–Trinajstić information content (AvgIpc) is 2.68. The highest BCUT2D eigenvalue weighted by atomic mass is 35.5. The molecule has 0 radical (unpaired) electrons. The van der Waals surface area contributed by atoms with Crippen molar-refractivity contribution in [3.8, 4) is 0 Å². The van der Waals surface area contributed by atoms with Gasteiger partial charge in [-0.1, -0.05) is 17.7 Å². The topological polar surface area (TPSA) is 87.8 Å². The fourth-order valence-corrected chi connectivity index (χ4v) is 3.23. The van der Waals surface area contributed by atoms with Gasteiger partial charge in [-0.05, 0) is 43.5 Å². The van der Waals surface area contributed by atoms with Crippen LogP contribution < -0.4 is 10.3 Å². The van der Waals surface area contributed by atoms with E-state index in [1.807, 2.05) is 0 Å². The summed E-state index contributed by atoms with van der Waals surface area (Å²) in [5.74, 6) is -0.404. The van der Waals surface area contributed by atoms with E-state index in [-0.39, 0.29) is 5.69 Å². The Morgan fingerprint density at radius 3 is 2.67 bits per heavy atom. The first-order valence-electron chi connectivity index (χ1n) is 8.67. The Bertz CT molecular complexity index is 879. The van der Waals surface area contributed by atoms with Gasteiger partial charge in [0.1, 0.15) is 0 Å². The maximum absolute atomic E-state index is 12.1. The fourth-order valence-electron chi connectivity index (χ4n) is 3.04. The Morgan fingerprint density at radius 2 is 1.96 bits per heavy atom. The van der Waals surface area contributed by atoms with E-state index in [0.717, 1.165) is 31.6 Å². The third-order valence-electron chi connectivity index (χ3n) is 4.38. The van der Waals surface area contributed by atoms with Gasteiger partial charge in [-0.3, -0.25) is 14.9 Å². The van der Waals surface area contributed by atoms with Crippen LogP contribution in [0.5, 0.6) is 0 Å². The zero-order chi connectivity index (χ0) is 19.2. The number of rotatable bonds is 5. The third-order valence-corrected chi connectivity index (χ3v) is 4.61. The van der Waals surface area contributed by atoms with Crippen LogP contribution in [0, 0.1) is 10.1 Å². The Labute approximate surface area is 161 Å². The van der Waals surface area contributed by atoms with Crippen LogP contribution in [-0.2, 0) is 0 Å². The first-order valence-corrected chi connectivity index (χ1v) is 9.05. The number of nitrogens with zero attached hydrogens (tertiary/aromatic N) is 3. The highest BCUT2D eigenvalue weighted by Crippen LogP contribution is 2.26. The van der Waals surface area contributed by atoms with E-state index in [1.165, 1.54) is 24.8 Å². The largest absolute Gasteiger partial charge is 0.371 e. The number of nitro groups is 1. The summed E-state index contributed by atoms with van der Waals surface area (Å²) in [6, 6.07) is 11.2. The highest BCUT2D eigenvalue weighted by Gasteiger charge is 2.17. The number of non-ortho nitro benzene ring substituents is 1. The number of nitro benzene ring substituents is 1. The second-order valence-electron chi connectivity index (χ2n) is 6.26. The number of hydrazone groups is 1. The number of carbonyl (C=O) groups is 1. The smallest absolute Gasteiger partial charge is 0.271 e. The van der Waals surface area contributed by atoms with Crippen molar-refractivity contribution in [3.05, 3.63) is 68.7 Å². The number of hydrogen-bond acceptors (Lipinski definition) is 5. The molecule has 1 amide bonds. The highest BCUT2D eigenvalue weighted by molar-refractivity contribution is 6.30. The number of benzene rings is 2. The summed E-state index contributed by atoms with van der Waals surface area (Å²) in [7, 11) is 0. The van der Waals surface area contributed by atoms with Crippen LogP contribution in [0.15, 0.2) is 47.6 Å². The summed E-state index contributed by atoms with van der Waals surface area (Å²) < 4.78 is 0. The van der Waals surface area contributed by atoms with E-state index >= 15 is 0 Å². The lowest BCUT2D eigenvalue weighted by Gasteiger charge is -2.29. The van der Waals surface area contributed by atoms with Crippen LogP contribution >= 0.6 is 11.6 Å². The van der Waals surface area contributed by atoms with Gasteiger partial charge in [-0.25, -0.2) is 5.43 Å². The molecule has 8 heteroatoms. The summed E-state index contributed by atoms with van der Waals surface area (Å²) in [6.07, 6.45) is 4.79. The number of amides is 1. The first kappa shape index (κ1) is 18.8. The van der Waals surface area contributed by atoms with Crippen LogP contribution in [0.2, 0.25) is 5.02 Å². The van der Waals surface area contributed by atoms with Gasteiger partial charge in [-0.2, -0.15) is 5.10 Å². The van der Waals surface area contributed by atoms with Gasteiger partial charge < -0.3 is 4.90 Å². The van der Waals surface area contributed by atoms with Crippen molar-refractivity contribution >= 4 is 35.1 Å². The SMILES string of the molecule is O=C(N/N=C\c1cc([N+](=O)[O-])ccc1N1CCCCC1)c1cccc(Cl)c1. The number of piperidine rings is 1. The average molecular weight is 387 g/mol. The Hall–Kier alpha value is -2.93. The minimum absolute atomic E-state index is 0.0154. The third kappa shape index (κ3) is 4.83. The molecule has 0 bridgehead atoms. The maximum Gasteiger partial charge on any atom is 0.271 e. The molecule has 0 saturated carbocycles. The zero-order valence-corrected chi connectivity index (χ0v) is 15.4. The molecule has 1 aliphatic heterocycles. The first-order chi connectivity index (χ1) is 13.0. The molecule has 1 aliphatic rings. The molecule has 1 saturated heterocycles. The van der Waals surface area contributed by atoms with Crippen molar-refractivity contribution < 1.29 is 9.72 Å². The van der Waals surface area contributed by atoms with Gasteiger partial charge in [0.25, 0.3) is 11.6 Å². The second kappa shape index (κ2) is 8.64. The summed E-state index contributed by atoms with van der Waals surface area (Å²) >= 11 is 5.88.